The highest BCUT2D eigenvalue weighted by Gasteiger charge is 2.34. The number of hydrogen-bond acceptors (Lipinski definition) is 2. The summed E-state index contributed by atoms with van der Waals surface area (Å²) in [6.07, 6.45) is 0. The van der Waals surface area contributed by atoms with E-state index in [9.17, 15) is 0 Å². The van der Waals surface area contributed by atoms with Crippen LogP contribution in [-0.4, -0.2) is 28.2 Å². The average molecular weight is 1270 g/mol. The molecule has 0 bridgehead atoms. The molecular weight excluding hydrogens is 1210 g/mol. The molecule has 0 radical (unpaired) electrons. The first-order valence-electron chi connectivity index (χ1n) is 34.2. The highest BCUT2D eigenvalue weighted by Crippen LogP contribution is 2.52. The van der Waals surface area contributed by atoms with Crippen LogP contribution >= 0.6 is 0 Å². The molecule has 0 atom stereocenters. The van der Waals surface area contributed by atoms with E-state index >= 15 is 0 Å². The second-order valence-electron chi connectivity index (χ2n) is 26.0. The van der Waals surface area contributed by atoms with Crippen molar-refractivity contribution in [3.05, 3.63) is 364 Å². The van der Waals surface area contributed by atoms with Crippen molar-refractivity contribution in [2.24, 2.45) is 0 Å². The van der Waals surface area contributed by atoms with E-state index in [-0.39, 0.29) is 0 Å². The van der Waals surface area contributed by atoms with Crippen molar-refractivity contribution in [3.8, 4) is 101 Å². The van der Waals surface area contributed by atoms with Gasteiger partial charge in [0.2, 0.25) is 0 Å². The van der Waals surface area contributed by atoms with E-state index in [1.165, 1.54) is 0 Å². The molecule has 0 N–H and O–H groups in total. The topological polar surface area (TPSA) is 45.5 Å². The molecule has 6 heteroatoms. The number of para-hydroxylation sites is 4. The molecule has 20 aromatic rings. The summed E-state index contributed by atoms with van der Waals surface area (Å²) < 4.78 is 10.0. The van der Waals surface area contributed by atoms with Gasteiger partial charge in [-0.1, -0.05) is 279 Å². The van der Waals surface area contributed by atoms with E-state index in [1.807, 2.05) is 0 Å². The van der Waals surface area contributed by atoms with Gasteiger partial charge in [0.25, 0.3) is 0 Å². The van der Waals surface area contributed by atoms with E-state index in [1.54, 1.807) is 0 Å². The van der Waals surface area contributed by atoms with Crippen LogP contribution in [0, 0.1) is 0 Å². The lowest BCUT2D eigenvalue weighted by Gasteiger charge is -2.27. The molecule has 6 heterocycles. The molecule has 100 heavy (non-hydrogen) atoms. The molecule has 20 rings (SSSR count). The van der Waals surface area contributed by atoms with Gasteiger partial charge in [-0.3, -0.25) is 9.13 Å². The SMILES string of the molecule is c1ccc(-c2ccc3c(c2)c2ccccc2n3-c2nc(-n3c4ccccc4c4cc(-c5ccccc5)ccc43)c(-n3c4ccccc4c4cc(-c5ccccc5)ccc43)c(-c3ccccc3-c3cccc(-c4ccccc4)n3)c2-n2c3ccccc3c3cc(-c4ccccc4)ccc32)cc1. The largest absolute Gasteiger partial charge is 0.305 e. The number of hydrogen-bond donors (Lipinski definition) is 0. The summed E-state index contributed by atoms with van der Waals surface area (Å²) in [6, 6.07) is 133. The van der Waals surface area contributed by atoms with Gasteiger partial charge in [0.15, 0.2) is 11.6 Å². The molecule has 14 aromatic carbocycles. The molecule has 0 spiro atoms. The van der Waals surface area contributed by atoms with Crippen LogP contribution in [0.15, 0.2) is 364 Å². The zero-order valence-corrected chi connectivity index (χ0v) is 54.3. The van der Waals surface area contributed by atoms with Gasteiger partial charge in [0.05, 0.1) is 55.5 Å². The Hall–Kier alpha value is -13.4. The first-order chi connectivity index (χ1) is 49.6. The van der Waals surface area contributed by atoms with Crippen molar-refractivity contribution in [1.29, 1.82) is 0 Å². The molecule has 0 amide bonds. The van der Waals surface area contributed by atoms with Crippen molar-refractivity contribution in [3.63, 3.8) is 0 Å². The molecule has 0 unspecified atom stereocenters. The van der Waals surface area contributed by atoms with Crippen molar-refractivity contribution >= 4 is 87.2 Å². The number of aromatic nitrogens is 6. The van der Waals surface area contributed by atoms with Gasteiger partial charge >= 0.3 is 0 Å². The fourth-order valence-electron chi connectivity index (χ4n) is 15.9. The van der Waals surface area contributed by atoms with Crippen LogP contribution in [0.1, 0.15) is 0 Å². The Morgan fingerprint density at radius 3 is 0.820 bits per heavy atom. The van der Waals surface area contributed by atoms with Crippen molar-refractivity contribution in [2.75, 3.05) is 0 Å². The first-order valence-corrected chi connectivity index (χ1v) is 34.2. The van der Waals surface area contributed by atoms with Gasteiger partial charge in [0.1, 0.15) is 11.4 Å². The van der Waals surface area contributed by atoms with Gasteiger partial charge < -0.3 is 9.13 Å². The number of rotatable bonds is 11. The molecule has 466 valence electrons. The maximum absolute atomic E-state index is 6.70. The summed E-state index contributed by atoms with van der Waals surface area (Å²) in [7, 11) is 0. The Labute approximate surface area is 577 Å². The third kappa shape index (κ3) is 9.05. The van der Waals surface area contributed by atoms with Crippen molar-refractivity contribution in [1.82, 2.24) is 28.2 Å². The van der Waals surface area contributed by atoms with Crippen LogP contribution in [0.2, 0.25) is 0 Å². The van der Waals surface area contributed by atoms with E-state index < -0.39 is 0 Å². The number of fused-ring (bicyclic) bond motifs is 12. The fraction of sp³-hybridized carbons (Fsp3) is 0. The smallest absolute Gasteiger partial charge is 0.165 e. The van der Waals surface area contributed by atoms with E-state index in [4.69, 9.17) is 9.97 Å². The Balaban J connectivity index is 1.04. The minimum atomic E-state index is 0.752. The lowest BCUT2D eigenvalue weighted by Crippen LogP contribution is -2.16. The van der Waals surface area contributed by atoms with E-state index in [0.717, 1.165) is 188 Å². The highest BCUT2D eigenvalue weighted by atomic mass is 15.2. The van der Waals surface area contributed by atoms with Crippen LogP contribution in [-0.2, 0) is 0 Å². The third-order valence-electron chi connectivity index (χ3n) is 20.4. The summed E-state index contributed by atoms with van der Waals surface area (Å²) in [6.45, 7) is 0. The summed E-state index contributed by atoms with van der Waals surface area (Å²) in [5, 5.41) is 8.98. The van der Waals surface area contributed by atoms with Gasteiger partial charge in [-0.15, -0.1) is 0 Å². The first kappa shape index (κ1) is 56.9. The number of benzene rings is 14. The van der Waals surface area contributed by atoms with Crippen molar-refractivity contribution < 1.29 is 0 Å². The van der Waals surface area contributed by atoms with Crippen molar-refractivity contribution in [2.45, 2.75) is 0 Å². The van der Waals surface area contributed by atoms with Gasteiger partial charge in [-0.2, -0.15) is 0 Å². The predicted octanol–water partition coefficient (Wildman–Crippen LogP) is 24.5. The van der Waals surface area contributed by atoms with E-state index in [2.05, 4.69) is 382 Å². The molecule has 0 fully saturated rings. The average Bonchev–Trinajstić information content (AvgIpc) is 1.51. The van der Waals surface area contributed by atoms with Crippen LogP contribution in [0.5, 0.6) is 0 Å². The summed E-state index contributed by atoms with van der Waals surface area (Å²) in [5.74, 6) is 1.50. The normalized spacial score (nSPS) is 11.8. The van der Waals surface area contributed by atoms with Crippen LogP contribution < -0.4 is 0 Å². The molecule has 0 aliphatic carbocycles. The molecular formula is C94H60N6. The van der Waals surface area contributed by atoms with Crippen LogP contribution in [0.25, 0.3) is 188 Å². The Morgan fingerprint density at radius 1 is 0.170 bits per heavy atom. The van der Waals surface area contributed by atoms with E-state index in [0.29, 0.717) is 0 Å². The second kappa shape index (κ2) is 23.2. The fourth-order valence-corrected chi connectivity index (χ4v) is 15.9. The zero-order valence-electron chi connectivity index (χ0n) is 54.3. The Morgan fingerprint density at radius 2 is 0.450 bits per heavy atom. The zero-order chi connectivity index (χ0) is 65.8. The van der Waals surface area contributed by atoms with Gasteiger partial charge in [-0.05, 0) is 135 Å². The molecule has 6 aromatic heterocycles. The molecule has 0 saturated heterocycles. The summed E-state index contributed by atoms with van der Waals surface area (Å²) >= 11 is 0. The molecule has 0 saturated carbocycles. The second-order valence-corrected chi connectivity index (χ2v) is 26.0. The summed E-state index contributed by atoms with van der Waals surface area (Å²) in [5.41, 5.74) is 24.9. The predicted molar refractivity (Wildman–Crippen MR) is 417 cm³/mol. The lowest BCUT2D eigenvalue weighted by atomic mass is 9.93. The van der Waals surface area contributed by atoms with Gasteiger partial charge in [-0.25, -0.2) is 9.97 Å². The minimum Gasteiger partial charge on any atom is -0.305 e. The van der Waals surface area contributed by atoms with Crippen LogP contribution in [0.3, 0.4) is 0 Å². The lowest BCUT2D eigenvalue weighted by molar-refractivity contribution is 0.961. The quantitative estimate of drug-likeness (QED) is 0.130. The monoisotopic (exact) mass is 1270 g/mol. The minimum absolute atomic E-state index is 0.752. The number of nitrogens with zero attached hydrogens (tertiary/aromatic N) is 6. The number of pyridine rings is 2. The Bertz CT molecular complexity index is 6280. The third-order valence-corrected chi connectivity index (χ3v) is 20.4. The molecule has 0 aliphatic heterocycles. The maximum atomic E-state index is 6.70. The maximum Gasteiger partial charge on any atom is 0.165 e. The Kier molecular flexibility index (Phi) is 13.2. The van der Waals surface area contributed by atoms with Crippen LogP contribution in [0.4, 0.5) is 0 Å². The molecule has 0 aliphatic rings. The molecule has 6 nitrogen and oxygen atoms in total. The summed E-state index contributed by atoms with van der Waals surface area (Å²) in [4.78, 5) is 12.4. The highest BCUT2D eigenvalue weighted by molar-refractivity contribution is 6.17. The van der Waals surface area contributed by atoms with Gasteiger partial charge in [0, 0.05) is 59.8 Å². The standard InChI is InChI=1S/C94H60N6/c1-6-27-61(28-7-1)66-49-53-86-76(57-66)71-38-18-22-45-82(71)97(86)91-90(75-42-17-16-37-70(75)81-44-26-43-80(95-81)65-35-14-5-15-36-65)92(98-83-46-23-19-39-72(83)77-58-67(50-54-87(77)98)62-29-8-2-9-30-62)94(100-85-48-25-21-41-74(85)79-60-69(52-56-89(79)100)64-33-12-4-13-34-64)96-93(91)99-84-47-24-20-40-73(84)78-59-68(51-55-88(78)99)63-31-10-3-11-32-63/h1-60H.